The molecule has 0 fully saturated rings. The van der Waals surface area contributed by atoms with Crippen LogP contribution in [0.4, 0.5) is 0 Å². The molecular formula is C10H11N3O4. The Labute approximate surface area is 96.1 Å². The maximum atomic E-state index is 11.5. The van der Waals surface area contributed by atoms with Gasteiger partial charge in [0, 0.05) is 6.07 Å². The standard InChI is InChI=1S/C10H11N3O4/c14-5-6-17-7-12-8-3-1-2-4-9(8)13(16)11-10(12)15/h1-4,14H,5-7H2. The third-order valence-corrected chi connectivity index (χ3v) is 2.24. The molecule has 2 aromatic rings. The Kier molecular flexibility index (Phi) is 3.31. The Morgan fingerprint density at radius 3 is 3.00 bits per heavy atom. The number of hydrogen-bond acceptors (Lipinski definition) is 5. The molecule has 0 spiro atoms. The molecule has 2 rings (SSSR count). The van der Waals surface area contributed by atoms with Crippen molar-refractivity contribution in [1.82, 2.24) is 9.67 Å². The summed E-state index contributed by atoms with van der Waals surface area (Å²) >= 11 is 0. The topological polar surface area (TPSA) is 91.3 Å². The van der Waals surface area contributed by atoms with Crippen LogP contribution in [0, 0.1) is 5.21 Å². The maximum absolute atomic E-state index is 11.5. The molecule has 1 N–H and O–H groups in total. The lowest BCUT2D eigenvalue weighted by Crippen LogP contribution is -2.43. The van der Waals surface area contributed by atoms with Crippen LogP contribution in [0.5, 0.6) is 0 Å². The van der Waals surface area contributed by atoms with Gasteiger partial charge in [0.25, 0.3) is 5.52 Å². The van der Waals surface area contributed by atoms with E-state index >= 15 is 0 Å². The van der Waals surface area contributed by atoms with Gasteiger partial charge in [0.15, 0.2) is 0 Å². The van der Waals surface area contributed by atoms with Crippen molar-refractivity contribution in [2.75, 3.05) is 13.2 Å². The first-order valence-corrected chi connectivity index (χ1v) is 5.02. The highest BCUT2D eigenvalue weighted by molar-refractivity contribution is 5.70. The second-order valence-electron chi connectivity index (χ2n) is 3.33. The van der Waals surface area contributed by atoms with Gasteiger partial charge in [0.1, 0.15) is 12.2 Å². The quantitative estimate of drug-likeness (QED) is 0.418. The zero-order valence-corrected chi connectivity index (χ0v) is 8.94. The Balaban J connectivity index is 2.50. The maximum Gasteiger partial charge on any atom is 0.411 e. The normalized spacial score (nSPS) is 10.9. The number of benzene rings is 1. The van der Waals surface area contributed by atoms with Gasteiger partial charge in [-0.3, -0.25) is 4.57 Å². The van der Waals surface area contributed by atoms with Gasteiger partial charge in [-0.15, -0.1) is 0 Å². The van der Waals surface area contributed by atoms with Crippen LogP contribution in [-0.2, 0) is 11.5 Å². The minimum absolute atomic E-state index is 0.0479. The first-order valence-electron chi connectivity index (χ1n) is 5.02. The fourth-order valence-corrected chi connectivity index (χ4v) is 1.49. The largest absolute Gasteiger partial charge is 0.594 e. The van der Waals surface area contributed by atoms with Crippen molar-refractivity contribution in [2.24, 2.45) is 0 Å². The smallest absolute Gasteiger partial charge is 0.411 e. The van der Waals surface area contributed by atoms with Gasteiger partial charge in [0.2, 0.25) is 0 Å². The fourth-order valence-electron chi connectivity index (χ4n) is 1.49. The van der Waals surface area contributed by atoms with Crippen molar-refractivity contribution in [2.45, 2.75) is 6.73 Å². The van der Waals surface area contributed by atoms with Gasteiger partial charge in [-0.2, -0.15) is 0 Å². The number of aromatic nitrogens is 3. The molecule has 0 amide bonds. The van der Waals surface area contributed by atoms with Crippen molar-refractivity contribution in [3.05, 3.63) is 40.0 Å². The second kappa shape index (κ2) is 4.89. The van der Waals surface area contributed by atoms with E-state index in [1.54, 1.807) is 24.3 Å². The van der Waals surface area contributed by atoms with Crippen LogP contribution in [0.15, 0.2) is 29.1 Å². The van der Waals surface area contributed by atoms with Crippen LogP contribution in [-0.4, -0.2) is 28.0 Å². The van der Waals surface area contributed by atoms with Crippen LogP contribution in [0.25, 0.3) is 11.0 Å². The minimum atomic E-state index is -0.684. The van der Waals surface area contributed by atoms with Crippen LogP contribution < -0.4 is 10.5 Å². The van der Waals surface area contributed by atoms with Crippen LogP contribution >= 0.6 is 0 Å². The molecule has 7 heteroatoms. The first kappa shape index (κ1) is 11.5. The Morgan fingerprint density at radius 2 is 2.24 bits per heavy atom. The van der Waals surface area contributed by atoms with Crippen LogP contribution in [0.3, 0.4) is 0 Å². The number of fused-ring (bicyclic) bond motifs is 1. The van der Waals surface area contributed by atoms with Crippen molar-refractivity contribution in [1.29, 1.82) is 0 Å². The molecule has 0 saturated carbocycles. The number of nitrogens with zero attached hydrogens (tertiary/aromatic N) is 3. The van der Waals surface area contributed by atoms with Crippen molar-refractivity contribution in [3.63, 3.8) is 0 Å². The van der Waals surface area contributed by atoms with E-state index in [0.717, 1.165) is 0 Å². The lowest BCUT2D eigenvalue weighted by atomic mass is 10.3. The highest BCUT2D eigenvalue weighted by atomic mass is 16.5. The van der Waals surface area contributed by atoms with Crippen molar-refractivity contribution < 1.29 is 14.7 Å². The predicted molar refractivity (Wildman–Crippen MR) is 58.0 cm³/mol. The molecule has 0 saturated heterocycles. The molecule has 0 aliphatic rings. The molecule has 0 bridgehead atoms. The fraction of sp³-hybridized carbons (Fsp3) is 0.300. The SMILES string of the molecule is O=c1n[n+]([O-])c2ccccc2n1COCCO. The average molecular weight is 237 g/mol. The number of ether oxygens (including phenoxy) is 1. The summed E-state index contributed by atoms with van der Waals surface area (Å²) in [6, 6.07) is 6.60. The highest BCUT2D eigenvalue weighted by Crippen LogP contribution is 2.05. The number of hydrogen-bond donors (Lipinski definition) is 1. The highest BCUT2D eigenvalue weighted by Gasteiger charge is 2.12. The van der Waals surface area contributed by atoms with Gasteiger partial charge in [0.05, 0.1) is 18.3 Å². The van der Waals surface area contributed by atoms with Crippen molar-refractivity contribution in [3.8, 4) is 0 Å². The van der Waals surface area contributed by atoms with Gasteiger partial charge in [-0.25, -0.2) is 4.79 Å². The first-order chi connectivity index (χ1) is 8.24. The summed E-state index contributed by atoms with van der Waals surface area (Å²) < 4.78 is 6.29. The Bertz CT molecular complexity index is 581. The van der Waals surface area contributed by atoms with Crippen LogP contribution in [0.1, 0.15) is 0 Å². The van der Waals surface area contributed by atoms with Gasteiger partial charge in [-0.05, 0) is 10.9 Å². The summed E-state index contributed by atoms with van der Waals surface area (Å²) in [4.78, 5) is 11.8. The molecule has 17 heavy (non-hydrogen) atoms. The monoisotopic (exact) mass is 237 g/mol. The molecule has 1 heterocycles. The zero-order chi connectivity index (χ0) is 12.3. The number of aliphatic hydroxyl groups is 1. The molecule has 90 valence electrons. The lowest BCUT2D eigenvalue weighted by Gasteiger charge is -2.08. The average Bonchev–Trinajstić information content (AvgIpc) is 2.33. The van der Waals surface area contributed by atoms with E-state index in [0.29, 0.717) is 15.9 Å². The Hall–Kier alpha value is -1.99. The van der Waals surface area contributed by atoms with E-state index in [-0.39, 0.29) is 19.9 Å². The molecule has 7 nitrogen and oxygen atoms in total. The summed E-state index contributed by atoms with van der Waals surface area (Å²) in [5, 5.41) is 23.3. The van der Waals surface area contributed by atoms with Crippen molar-refractivity contribution >= 4 is 11.0 Å². The summed E-state index contributed by atoms with van der Waals surface area (Å²) in [5.74, 6) is 0. The van der Waals surface area contributed by atoms with E-state index in [2.05, 4.69) is 5.10 Å². The number of para-hydroxylation sites is 2. The van der Waals surface area contributed by atoms with E-state index in [4.69, 9.17) is 9.84 Å². The molecular weight excluding hydrogens is 226 g/mol. The summed E-state index contributed by atoms with van der Waals surface area (Å²) in [7, 11) is 0. The van der Waals surface area contributed by atoms with Gasteiger partial charge in [-0.1, -0.05) is 12.1 Å². The molecule has 1 aromatic carbocycles. The molecule has 0 radical (unpaired) electrons. The second-order valence-corrected chi connectivity index (χ2v) is 3.33. The van der Waals surface area contributed by atoms with Gasteiger partial charge >= 0.3 is 5.69 Å². The number of aliphatic hydroxyl groups excluding tert-OH is 1. The van der Waals surface area contributed by atoms with E-state index < -0.39 is 5.69 Å². The molecule has 0 aliphatic heterocycles. The molecule has 0 aliphatic carbocycles. The molecule has 0 atom stereocenters. The van der Waals surface area contributed by atoms with E-state index in [1.807, 2.05) is 0 Å². The molecule has 0 unspecified atom stereocenters. The lowest BCUT2D eigenvalue weighted by molar-refractivity contribution is -0.645. The predicted octanol–water partition coefficient (Wildman–Crippen LogP) is -1.00. The van der Waals surface area contributed by atoms with E-state index in [1.165, 1.54) is 4.57 Å². The van der Waals surface area contributed by atoms with E-state index in [9.17, 15) is 10.0 Å². The Morgan fingerprint density at radius 1 is 1.47 bits per heavy atom. The summed E-state index contributed by atoms with van der Waals surface area (Å²) in [6.07, 6.45) is 0. The minimum Gasteiger partial charge on any atom is -0.594 e. The third kappa shape index (κ3) is 2.24. The zero-order valence-electron chi connectivity index (χ0n) is 8.94. The summed E-state index contributed by atoms with van der Waals surface area (Å²) in [6.45, 7) is -0.0602. The molecule has 1 aromatic heterocycles. The van der Waals surface area contributed by atoms with Crippen LogP contribution in [0.2, 0.25) is 0 Å². The number of rotatable bonds is 4. The third-order valence-electron chi connectivity index (χ3n) is 2.24. The summed E-state index contributed by atoms with van der Waals surface area (Å²) in [5.41, 5.74) is 0.0526. The van der Waals surface area contributed by atoms with Gasteiger partial charge < -0.3 is 15.1 Å².